The fraction of sp³-hybridized carbons (Fsp3) is 0.250. The third kappa shape index (κ3) is 4.72. The number of alkyl halides is 2. The summed E-state index contributed by atoms with van der Waals surface area (Å²) in [5, 5.41) is 0. The Bertz CT molecular complexity index is 1560. The summed E-state index contributed by atoms with van der Waals surface area (Å²) in [4.78, 5) is 30.8. The largest absolute Gasteiger partial charge is 0.480 e. The van der Waals surface area contributed by atoms with Gasteiger partial charge in [-0.15, -0.1) is 0 Å². The van der Waals surface area contributed by atoms with E-state index in [0.717, 1.165) is 22.3 Å². The van der Waals surface area contributed by atoms with Crippen molar-refractivity contribution >= 4 is 12.6 Å². The van der Waals surface area contributed by atoms with Gasteiger partial charge in [0.05, 0.1) is 25.3 Å². The third-order valence-electron chi connectivity index (χ3n) is 7.65. The number of aromatic nitrogens is 2. The Labute approximate surface area is 240 Å². The summed E-state index contributed by atoms with van der Waals surface area (Å²) < 4.78 is 53.2. The second-order valence-electron chi connectivity index (χ2n) is 10.00. The highest BCUT2D eigenvalue weighted by molar-refractivity contribution is 5.79. The minimum Gasteiger partial charge on any atom is -0.480 e. The van der Waals surface area contributed by atoms with Gasteiger partial charge in [0, 0.05) is 25.0 Å². The SMILES string of the molecule is COc1nc(O[C@@H]2c3cccc(-c4cccc5c4C[C@H](F)[C@@H]5Oc4ccc(C=O)c(OC)n4)c3C[C@@H]2F)ccc1C=O. The molecule has 2 aliphatic carbocycles. The van der Waals surface area contributed by atoms with Crippen molar-refractivity contribution in [3.8, 4) is 34.6 Å². The van der Waals surface area contributed by atoms with Crippen LogP contribution in [0.15, 0.2) is 60.7 Å². The lowest BCUT2D eigenvalue weighted by molar-refractivity contribution is 0.108. The number of fused-ring (bicyclic) bond motifs is 2. The number of hydrogen-bond donors (Lipinski definition) is 0. The number of benzene rings is 2. The van der Waals surface area contributed by atoms with Crippen molar-refractivity contribution in [2.45, 2.75) is 37.4 Å². The van der Waals surface area contributed by atoms with Crippen molar-refractivity contribution in [1.82, 2.24) is 9.97 Å². The zero-order chi connectivity index (χ0) is 29.4. The third-order valence-corrected chi connectivity index (χ3v) is 7.65. The number of hydrogen-bond acceptors (Lipinski definition) is 8. The number of methoxy groups -OCH3 is 2. The van der Waals surface area contributed by atoms with Crippen LogP contribution in [0.3, 0.4) is 0 Å². The zero-order valence-electron chi connectivity index (χ0n) is 22.8. The smallest absolute Gasteiger partial charge is 0.227 e. The molecule has 0 N–H and O–H groups in total. The molecule has 0 fully saturated rings. The lowest BCUT2D eigenvalue weighted by Gasteiger charge is -2.18. The fourth-order valence-electron chi connectivity index (χ4n) is 5.74. The van der Waals surface area contributed by atoms with Crippen molar-refractivity contribution in [1.29, 1.82) is 0 Å². The van der Waals surface area contributed by atoms with E-state index in [2.05, 4.69) is 9.97 Å². The van der Waals surface area contributed by atoms with E-state index in [1.807, 2.05) is 36.4 Å². The molecule has 2 aliphatic rings. The Morgan fingerprint density at radius 3 is 1.48 bits per heavy atom. The average molecular weight is 573 g/mol. The van der Waals surface area contributed by atoms with Crippen LogP contribution < -0.4 is 18.9 Å². The standard InChI is InChI=1S/C32H26F2N2O6/c1-39-31-17(15-37)9-11-27(35-31)41-29-21-7-3-5-19(23(21)13-25(29)33)20-6-4-8-22-24(20)14-26(34)30(22)42-28-12-10-18(16-38)32(36-28)40-2/h3-12,15-16,25-26,29-30H,13-14H2,1-2H3/t25-,26-,29+,30+/m0/s1. The van der Waals surface area contributed by atoms with Gasteiger partial charge >= 0.3 is 0 Å². The first kappa shape index (κ1) is 27.3. The molecule has 0 spiro atoms. The van der Waals surface area contributed by atoms with Crippen LogP contribution in [0.4, 0.5) is 8.78 Å². The van der Waals surface area contributed by atoms with Crippen LogP contribution in [0.2, 0.25) is 0 Å². The highest BCUT2D eigenvalue weighted by Gasteiger charge is 2.39. The second kappa shape index (κ2) is 11.2. The normalized spacial score (nSPS) is 20.4. The quantitative estimate of drug-likeness (QED) is 0.232. The van der Waals surface area contributed by atoms with Crippen LogP contribution >= 0.6 is 0 Å². The molecule has 0 radical (unpaired) electrons. The minimum atomic E-state index is -1.35. The van der Waals surface area contributed by atoms with Gasteiger partial charge in [0.25, 0.3) is 0 Å². The van der Waals surface area contributed by atoms with E-state index in [0.29, 0.717) is 23.7 Å². The lowest BCUT2D eigenvalue weighted by Crippen LogP contribution is -2.15. The van der Waals surface area contributed by atoms with E-state index in [-0.39, 0.29) is 47.5 Å². The van der Waals surface area contributed by atoms with E-state index < -0.39 is 24.6 Å². The Morgan fingerprint density at radius 1 is 0.667 bits per heavy atom. The molecule has 0 saturated carbocycles. The van der Waals surface area contributed by atoms with Crippen molar-refractivity contribution in [3.63, 3.8) is 0 Å². The predicted octanol–water partition coefficient (Wildman–Crippen LogP) is 5.81. The number of aldehydes is 2. The molecule has 6 rings (SSSR count). The van der Waals surface area contributed by atoms with Crippen LogP contribution in [0, 0.1) is 0 Å². The molecule has 2 aromatic carbocycles. The number of carbonyl (C=O) groups excluding carboxylic acids is 2. The van der Waals surface area contributed by atoms with Gasteiger partial charge in [0.2, 0.25) is 23.5 Å². The molecule has 0 saturated heterocycles. The van der Waals surface area contributed by atoms with Crippen molar-refractivity contribution in [3.05, 3.63) is 94.0 Å². The molecule has 4 aromatic rings. The molecule has 4 atom stereocenters. The summed E-state index contributed by atoms with van der Waals surface area (Å²) in [7, 11) is 2.78. The molecule has 2 aromatic heterocycles. The molecular weight excluding hydrogens is 546 g/mol. The Kier molecular flexibility index (Phi) is 7.28. The monoisotopic (exact) mass is 572 g/mol. The van der Waals surface area contributed by atoms with Gasteiger partial charge in [-0.25, -0.2) is 8.78 Å². The number of halogens is 2. The molecular formula is C32H26F2N2O6. The number of nitrogens with zero attached hydrogens (tertiary/aromatic N) is 2. The highest BCUT2D eigenvalue weighted by atomic mass is 19.1. The highest BCUT2D eigenvalue weighted by Crippen LogP contribution is 2.46. The van der Waals surface area contributed by atoms with Gasteiger partial charge in [0.15, 0.2) is 24.8 Å². The van der Waals surface area contributed by atoms with E-state index >= 15 is 8.78 Å². The number of ether oxygens (including phenoxy) is 4. The summed E-state index contributed by atoms with van der Waals surface area (Å²) in [5.41, 5.74) is 5.00. The van der Waals surface area contributed by atoms with Crippen molar-refractivity contribution in [2.75, 3.05) is 14.2 Å². The maximum absolute atomic E-state index is 15.5. The molecule has 10 heteroatoms. The van der Waals surface area contributed by atoms with E-state index in [1.165, 1.54) is 38.5 Å². The van der Waals surface area contributed by atoms with Crippen LogP contribution in [0.1, 0.15) is 55.2 Å². The first-order valence-electron chi connectivity index (χ1n) is 13.3. The molecule has 0 unspecified atom stereocenters. The Morgan fingerprint density at radius 2 is 1.10 bits per heavy atom. The lowest BCUT2D eigenvalue weighted by atomic mass is 9.91. The summed E-state index contributed by atoms with van der Waals surface area (Å²) in [6.45, 7) is 0. The fourth-order valence-corrected chi connectivity index (χ4v) is 5.74. The molecule has 214 valence electrons. The summed E-state index contributed by atoms with van der Waals surface area (Å²) in [6, 6.07) is 17.1. The van der Waals surface area contributed by atoms with Crippen molar-refractivity contribution < 1.29 is 37.3 Å². The number of rotatable bonds is 9. The van der Waals surface area contributed by atoms with Crippen LogP contribution in [0.5, 0.6) is 23.5 Å². The topological polar surface area (TPSA) is 96.8 Å². The second-order valence-corrected chi connectivity index (χ2v) is 10.00. The van der Waals surface area contributed by atoms with E-state index in [1.54, 1.807) is 0 Å². The summed E-state index contributed by atoms with van der Waals surface area (Å²) in [6.07, 6.45) is -3.08. The molecule has 2 heterocycles. The van der Waals surface area contributed by atoms with Crippen molar-refractivity contribution in [2.24, 2.45) is 0 Å². The van der Waals surface area contributed by atoms with E-state index in [4.69, 9.17) is 18.9 Å². The van der Waals surface area contributed by atoms with Crippen LogP contribution in [0.25, 0.3) is 11.1 Å². The van der Waals surface area contributed by atoms with Gasteiger partial charge in [-0.3, -0.25) is 9.59 Å². The zero-order valence-corrected chi connectivity index (χ0v) is 22.8. The molecule has 42 heavy (non-hydrogen) atoms. The van der Waals surface area contributed by atoms with Gasteiger partial charge in [0.1, 0.15) is 12.3 Å². The summed E-state index contributed by atoms with van der Waals surface area (Å²) >= 11 is 0. The number of pyridine rings is 2. The van der Waals surface area contributed by atoms with Gasteiger partial charge in [-0.05, 0) is 45.5 Å². The van der Waals surface area contributed by atoms with Crippen LogP contribution in [-0.4, -0.2) is 49.1 Å². The predicted molar refractivity (Wildman–Crippen MR) is 148 cm³/mol. The van der Waals surface area contributed by atoms with Gasteiger partial charge in [-0.2, -0.15) is 9.97 Å². The average Bonchev–Trinajstić information content (AvgIpc) is 3.51. The molecule has 0 amide bonds. The molecule has 8 nitrogen and oxygen atoms in total. The van der Waals surface area contributed by atoms with E-state index in [9.17, 15) is 9.59 Å². The first-order valence-corrected chi connectivity index (χ1v) is 13.3. The molecule has 0 bridgehead atoms. The molecule has 0 aliphatic heterocycles. The minimum absolute atomic E-state index is 0.0932. The first-order chi connectivity index (χ1) is 20.4. The van der Waals surface area contributed by atoms with Crippen LogP contribution in [-0.2, 0) is 12.8 Å². The van der Waals surface area contributed by atoms with Gasteiger partial charge < -0.3 is 18.9 Å². The Hall–Kier alpha value is -4.86. The summed E-state index contributed by atoms with van der Waals surface area (Å²) in [5.74, 6) is 0.456. The maximum Gasteiger partial charge on any atom is 0.227 e. The Balaban J connectivity index is 1.32. The number of carbonyl (C=O) groups is 2. The maximum atomic E-state index is 15.5. The van der Waals surface area contributed by atoms with Gasteiger partial charge in [-0.1, -0.05) is 36.4 Å².